The van der Waals surface area contributed by atoms with E-state index in [0.29, 0.717) is 6.04 Å². The van der Waals surface area contributed by atoms with Crippen molar-refractivity contribution in [1.82, 2.24) is 9.80 Å². The summed E-state index contributed by atoms with van der Waals surface area (Å²) < 4.78 is 0. The largest absolute Gasteiger partial charge is 0.336 e. The summed E-state index contributed by atoms with van der Waals surface area (Å²) in [6, 6.07) is 0.588. The molecule has 0 aromatic heterocycles. The molecule has 0 bridgehead atoms. The van der Waals surface area contributed by atoms with Gasteiger partial charge in [-0.3, -0.25) is 9.69 Å². The van der Waals surface area contributed by atoms with E-state index in [-0.39, 0.29) is 5.91 Å². The SMILES string of the molecule is CCC=C(C)C(=O)N1CCN(C(C)C)CC1. The number of carbonyl (C=O) groups excluding carboxylic acids is 1. The lowest BCUT2D eigenvalue weighted by molar-refractivity contribution is -0.129. The van der Waals surface area contributed by atoms with Gasteiger partial charge in [0.05, 0.1) is 0 Å². The van der Waals surface area contributed by atoms with Crippen molar-refractivity contribution in [2.24, 2.45) is 0 Å². The molecule has 0 N–H and O–H groups in total. The molecule has 1 rings (SSSR count). The molecule has 0 aromatic rings. The zero-order valence-electron chi connectivity index (χ0n) is 11.0. The Labute approximate surface area is 99.1 Å². The summed E-state index contributed by atoms with van der Waals surface area (Å²) in [6.45, 7) is 12.1. The average Bonchev–Trinajstić information content (AvgIpc) is 2.28. The molecule has 16 heavy (non-hydrogen) atoms. The lowest BCUT2D eigenvalue weighted by Crippen LogP contribution is -2.50. The van der Waals surface area contributed by atoms with Crippen molar-refractivity contribution < 1.29 is 4.79 Å². The van der Waals surface area contributed by atoms with Crippen molar-refractivity contribution >= 4 is 5.91 Å². The van der Waals surface area contributed by atoms with Crippen LogP contribution in [0.5, 0.6) is 0 Å². The molecule has 0 saturated carbocycles. The van der Waals surface area contributed by atoms with Gasteiger partial charge in [0.2, 0.25) is 5.91 Å². The fourth-order valence-corrected chi connectivity index (χ4v) is 2.08. The van der Waals surface area contributed by atoms with Gasteiger partial charge in [0.1, 0.15) is 0 Å². The van der Waals surface area contributed by atoms with Gasteiger partial charge in [0.15, 0.2) is 0 Å². The van der Waals surface area contributed by atoms with Crippen LogP contribution in [0.1, 0.15) is 34.1 Å². The second kappa shape index (κ2) is 6.04. The highest BCUT2D eigenvalue weighted by atomic mass is 16.2. The summed E-state index contributed by atoms with van der Waals surface area (Å²) in [6.07, 6.45) is 2.95. The summed E-state index contributed by atoms with van der Waals surface area (Å²) in [7, 11) is 0. The molecule has 0 spiro atoms. The first-order valence-corrected chi connectivity index (χ1v) is 6.26. The first kappa shape index (κ1) is 13.2. The zero-order valence-corrected chi connectivity index (χ0v) is 11.0. The molecule has 1 aliphatic heterocycles. The Morgan fingerprint density at radius 3 is 2.25 bits per heavy atom. The Balaban J connectivity index is 2.48. The molecule has 0 aromatic carbocycles. The number of rotatable bonds is 3. The number of hydrogen-bond donors (Lipinski definition) is 0. The summed E-state index contributed by atoms with van der Waals surface area (Å²) in [5, 5.41) is 0. The third-order valence-electron chi connectivity index (χ3n) is 3.18. The average molecular weight is 224 g/mol. The van der Waals surface area contributed by atoms with Gasteiger partial charge in [0.25, 0.3) is 0 Å². The van der Waals surface area contributed by atoms with Crippen molar-refractivity contribution in [3.05, 3.63) is 11.6 Å². The van der Waals surface area contributed by atoms with Crippen LogP contribution >= 0.6 is 0 Å². The van der Waals surface area contributed by atoms with Gasteiger partial charge >= 0.3 is 0 Å². The molecule has 0 atom stereocenters. The van der Waals surface area contributed by atoms with E-state index < -0.39 is 0 Å². The van der Waals surface area contributed by atoms with Gasteiger partial charge in [0, 0.05) is 37.8 Å². The molecule has 92 valence electrons. The Hall–Kier alpha value is -0.830. The van der Waals surface area contributed by atoms with E-state index in [4.69, 9.17) is 0 Å². The normalized spacial score (nSPS) is 19.3. The molecule has 1 fully saturated rings. The molecule has 1 amide bonds. The van der Waals surface area contributed by atoms with E-state index in [9.17, 15) is 4.79 Å². The Bertz CT molecular complexity index is 263. The minimum atomic E-state index is 0.213. The number of allylic oxidation sites excluding steroid dienone is 1. The molecule has 3 heteroatoms. The second-order valence-corrected chi connectivity index (χ2v) is 4.72. The number of nitrogens with zero attached hydrogens (tertiary/aromatic N) is 2. The monoisotopic (exact) mass is 224 g/mol. The highest BCUT2D eigenvalue weighted by Gasteiger charge is 2.22. The lowest BCUT2D eigenvalue weighted by atomic mass is 10.2. The standard InChI is InChI=1S/C13H24N2O/c1-5-6-12(4)13(16)15-9-7-14(8-10-15)11(2)3/h6,11H,5,7-10H2,1-4H3. The molecule has 0 aliphatic carbocycles. The molecule has 0 unspecified atom stereocenters. The molecule has 1 aliphatic rings. The maximum atomic E-state index is 12.0. The third kappa shape index (κ3) is 3.34. The molecule has 0 radical (unpaired) electrons. The van der Waals surface area contributed by atoms with Crippen LogP contribution in [-0.2, 0) is 4.79 Å². The highest BCUT2D eigenvalue weighted by molar-refractivity contribution is 5.92. The van der Waals surface area contributed by atoms with Gasteiger partial charge in [-0.2, -0.15) is 0 Å². The minimum Gasteiger partial charge on any atom is -0.336 e. The quantitative estimate of drug-likeness (QED) is 0.684. The molecule has 1 saturated heterocycles. The van der Waals surface area contributed by atoms with E-state index in [1.54, 1.807) is 0 Å². The van der Waals surface area contributed by atoms with E-state index in [2.05, 4.69) is 25.7 Å². The Morgan fingerprint density at radius 1 is 1.25 bits per heavy atom. The van der Waals surface area contributed by atoms with Crippen LogP contribution < -0.4 is 0 Å². The zero-order chi connectivity index (χ0) is 12.1. The van der Waals surface area contributed by atoms with Gasteiger partial charge in [-0.15, -0.1) is 0 Å². The molecule has 3 nitrogen and oxygen atoms in total. The van der Waals surface area contributed by atoms with Gasteiger partial charge in [-0.05, 0) is 27.2 Å². The smallest absolute Gasteiger partial charge is 0.249 e. The van der Waals surface area contributed by atoms with Gasteiger partial charge in [-0.25, -0.2) is 0 Å². The van der Waals surface area contributed by atoms with Gasteiger partial charge < -0.3 is 4.90 Å². The number of carbonyl (C=O) groups is 1. The predicted octanol–water partition coefficient (Wildman–Crippen LogP) is 1.90. The summed E-state index contributed by atoms with van der Waals surface area (Å²) in [5.74, 6) is 0.213. The summed E-state index contributed by atoms with van der Waals surface area (Å²) in [4.78, 5) is 16.4. The van der Waals surface area contributed by atoms with E-state index in [0.717, 1.165) is 38.2 Å². The van der Waals surface area contributed by atoms with Crippen molar-refractivity contribution in [3.8, 4) is 0 Å². The van der Waals surface area contributed by atoms with E-state index in [1.807, 2.05) is 17.9 Å². The summed E-state index contributed by atoms with van der Waals surface area (Å²) in [5.41, 5.74) is 0.889. The van der Waals surface area contributed by atoms with Crippen molar-refractivity contribution in [1.29, 1.82) is 0 Å². The van der Waals surface area contributed by atoms with Crippen LogP contribution in [0.15, 0.2) is 11.6 Å². The van der Waals surface area contributed by atoms with E-state index in [1.165, 1.54) is 0 Å². The summed E-state index contributed by atoms with van der Waals surface area (Å²) >= 11 is 0. The maximum absolute atomic E-state index is 12.0. The van der Waals surface area contributed by atoms with Crippen molar-refractivity contribution in [3.63, 3.8) is 0 Å². The fourth-order valence-electron chi connectivity index (χ4n) is 2.08. The molecular weight excluding hydrogens is 200 g/mol. The molecular formula is C13H24N2O. The first-order chi connectivity index (χ1) is 7.56. The fraction of sp³-hybridized carbons (Fsp3) is 0.769. The Morgan fingerprint density at radius 2 is 1.81 bits per heavy atom. The van der Waals surface area contributed by atoms with Crippen LogP contribution in [0.2, 0.25) is 0 Å². The number of amides is 1. The maximum Gasteiger partial charge on any atom is 0.249 e. The first-order valence-electron chi connectivity index (χ1n) is 6.26. The van der Waals surface area contributed by atoms with Crippen molar-refractivity contribution in [2.45, 2.75) is 40.2 Å². The minimum absolute atomic E-state index is 0.213. The van der Waals surface area contributed by atoms with Crippen LogP contribution in [0.4, 0.5) is 0 Å². The van der Waals surface area contributed by atoms with Crippen molar-refractivity contribution in [2.75, 3.05) is 26.2 Å². The molecule has 1 heterocycles. The lowest BCUT2D eigenvalue weighted by Gasteiger charge is -2.37. The highest BCUT2D eigenvalue weighted by Crippen LogP contribution is 2.09. The van der Waals surface area contributed by atoms with Crippen LogP contribution in [-0.4, -0.2) is 47.9 Å². The van der Waals surface area contributed by atoms with Crippen LogP contribution in [0, 0.1) is 0 Å². The van der Waals surface area contributed by atoms with Crippen LogP contribution in [0.25, 0.3) is 0 Å². The Kier molecular flexibility index (Phi) is 5.00. The van der Waals surface area contributed by atoms with Gasteiger partial charge in [-0.1, -0.05) is 13.0 Å². The third-order valence-corrected chi connectivity index (χ3v) is 3.18. The topological polar surface area (TPSA) is 23.6 Å². The van der Waals surface area contributed by atoms with E-state index >= 15 is 0 Å². The van der Waals surface area contributed by atoms with Crippen LogP contribution in [0.3, 0.4) is 0 Å². The number of piperazine rings is 1. The number of hydrogen-bond acceptors (Lipinski definition) is 2. The predicted molar refractivity (Wildman–Crippen MR) is 67.3 cm³/mol. The second-order valence-electron chi connectivity index (χ2n) is 4.72.